The number of hydrogen-bond donors (Lipinski definition) is 0. The zero-order chi connectivity index (χ0) is 20.2. The van der Waals surface area contributed by atoms with Crippen molar-refractivity contribution in [1.82, 2.24) is 0 Å². The molecule has 0 bridgehead atoms. The van der Waals surface area contributed by atoms with E-state index in [2.05, 4.69) is 0 Å². The summed E-state index contributed by atoms with van der Waals surface area (Å²) in [5, 5.41) is 0. The summed E-state index contributed by atoms with van der Waals surface area (Å²) in [6, 6.07) is 0. The van der Waals surface area contributed by atoms with Gasteiger partial charge in [-0.1, -0.05) is 0 Å². The van der Waals surface area contributed by atoms with Crippen molar-refractivity contribution in [2.45, 2.75) is 36.0 Å². The van der Waals surface area contributed by atoms with Crippen LogP contribution in [0, 0.1) is 0 Å². The molecule has 0 fully saturated rings. The third-order valence-corrected chi connectivity index (χ3v) is 4.47. The lowest BCUT2D eigenvalue weighted by atomic mass is 10.6. The molecule has 0 aliphatic carbocycles. The van der Waals surface area contributed by atoms with Gasteiger partial charge in [-0.05, 0) is 0 Å². The molecule has 24 heavy (non-hydrogen) atoms. The maximum atomic E-state index is 12.7. The highest BCUT2D eigenvalue weighted by atomic mass is 31.2. The van der Waals surface area contributed by atoms with Crippen molar-refractivity contribution in [1.29, 1.82) is 0 Å². The third kappa shape index (κ3) is 3.41. The van der Waals surface area contributed by atoms with Gasteiger partial charge in [0.1, 0.15) is 0 Å². The maximum absolute atomic E-state index is 12.7. The highest BCUT2D eigenvalue weighted by Gasteiger charge is 2.87. The molecule has 146 valence electrons. The molecule has 0 aliphatic heterocycles. The molecule has 0 aromatic rings. The van der Waals surface area contributed by atoms with Crippen molar-refractivity contribution in [2.75, 3.05) is 0 Å². The van der Waals surface area contributed by atoms with Crippen LogP contribution in [0.4, 0.5) is 65.9 Å². The minimum Gasteiger partial charge on any atom is -0.279 e. The van der Waals surface area contributed by atoms with Gasteiger partial charge in [-0.2, -0.15) is 65.9 Å². The Kier molecular flexibility index (Phi) is 5.37. The molecule has 18 heteroatoms. The summed E-state index contributed by atoms with van der Waals surface area (Å²) < 4.78 is 194. The second kappa shape index (κ2) is 5.57. The van der Waals surface area contributed by atoms with Crippen LogP contribution >= 0.6 is 7.37 Å². The first kappa shape index (κ1) is 23.1. The Morgan fingerprint density at radius 2 is 0.750 bits per heavy atom. The Bertz CT molecular complexity index is 480. The number of hydrogen-bond acceptors (Lipinski definition) is 2. The molecular weight excluding hydrogens is 420 g/mol. The number of halogens is 15. The van der Waals surface area contributed by atoms with E-state index in [4.69, 9.17) is 0 Å². The van der Waals surface area contributed by atoms with Crippen molar-refractivity contribution in [2.24, 2.45) is 0 Å². The van der Waals surface area contributed by atoms with Gasteiger partial charge < -0.3 is 0 Å². The molecule has 0 atom stereocenters. The van der Waals surface area contributed by atoms with E-state index in [9.17, 15) is 70.4 Å². The second-order valence-electron chi connectivity index (χ2n) is 3.74. The molecule has 0 spiro atoms. The summed E-state index contributed by atoms with van der Waals surface area (Å²) in [5.74, 6) is 0. The van der Waals surface area contributed by atoms with Gasteiger partial charge in [-0.15, -0.1) is 0 Å². The van der Waals surface area contributed by atoms with Crippen LogP contribution in [0.5, 0.6) is 0 Å². The van der Waals surface area contributed by atoms with E-state index >= 15 is 0 Å². The van der Waals surface area contributed by atoms with Gasteiger partial charge in [0.25, 0.3) is 0 Å². The van der Waals surface area contributed by atoms with Crippen LogP contribution in [0.2, 0.25) is 0 Å². The van der Waals surface area contributed by atoms with Crippen LogP contribution in [-0.2, 0) is 9.09 Å². The summed E-state index contributed by atoms with van der Waals surface area (Å²) in [5.41, 5.74) is -15.8. The minimum atomic E-state index is -9.47. The predicted octanol–water partition coefficient (Wildman–Crippen LogP) is 5.75. The zero-order valence-corrected chi connectivity index (χ0v) is 10.8. The lowest BCUT2D eigenvalue weighted by molar-refractivity contribution is -0.369. The first-order valence-corrected chi connectivity index (χ1v) is 6.23. The third-order valence-electron chi connectivity index (χ3n) is 1.99. The molecule has 0 rings (SSSR count). The number of alkyl halides is 15. The van der Waals surface area contributed by atoms with E-state index in [1.807, 2.05) is 0 Å². The predicted molar refractivity (Wildman–Crippen MR) is 41.7 cm³/mol. The quantitative estimate of drug-likeness (QED) is 0.428. The monoisotopic (exact) mass is 420 g/mol. The highest BCUT2D eigenvalue weighted by Crippen LogP contribution is 2.79. The Balaban J connectivity index is 6.65. The van der Waals surface area contributed by atoms with Crippen molar-refractivity contribution >= 4 is 7.37 Å². The standard InChI is InChI=1S/C6F15O2P/c7-1(8,9)4(16,17)23-24(22,5(18,19)2(10,11)12)6(20,21)3(13,14)15. The van der Waals surface area contributed by atoms with Crippen LogP contribution in [0.1, 0.15) is 0 Å². The molecule has 0 amide bonds. The van der Waals surface area contributed by atoms with Crippen LogP contribution in [0.15, 0.2) is 0 Å². The maximum Gasteiger partial charge on any atom is 0.483 e. The Hall–Kier alpha value is -0.860. The summed E-state index contributed by atoms with van der Waals surface area (Å²) in [7, 11) is -9.47. The fourth-order valence-electron chi connectivity index (χ4n) is 0.838. The molecule has 2 nitrogen and oxygen atoms in total. The smallest absolute Gasteiger partial charge is 0.279 e. The molecule has 0 radical (unpaired) electrons. The van der Waals surface area contributed by atoms with E-state index in [1.165, 1.54) is 4.52 Å². The average molecular weight is 420 g/mol. The van der Waals surface area contributed by atoms with Gasteiger partial charge in [-0.3, -0.25) is 4.57 Å². The van der Waals surface area contributed by atoms with Gasteiger partial charge in [0.05, 0.1) is 0 Å². The normalized spacial score (nSPS) is 16.5. The molecular formula is C6F15O2P. The van der Waals surface area contributed by atoms with Crippen LogP contribution in [0.3, 0.4) is 0 Å². The topological polar surface area (TPSA) is 26.3 Å². The SMILES string of the molecule is O=P(OC(F)(F)C(F)(F)F)(C(F)(F)C(F)(F)F)C(F)(F)C(F)(F)F. The Labute approximate surface area is 120 Å². The summed E-state index contributed by atoms with van der Waals surface area (Å²) in [4.78, 5) is 0. The molecule has 0 aromatic heterocycles. The summed E-state index contributed by atoms with van der Waals surface area (Å²) >= 11 is 0. The van der Waals surface area contributed by atoms with Crippen molar-refractivity contribution in [3.8, 4) is 0 Å². The Morgan fingerprint density at radius 3 is 0.917 bits per heavy atom. The van der Waals surface area contributed by atoms with Crippen molar-refractivity contribution in [3.63, 3.8) is 0 Å². The average Bonchev–Trinajstić information content (AvgIpc) is 2.22. The van der Waals surface area contributed by atoms with Gasteiger partial charge in [-0.25, -0.2) is 4.52 Å². The molecule has 0 aromatic carbocycles. The highest BCUT2D eigenvalue weighted by molar-refractivity contribution is 7.61. The number of rotatable bonds is 4. The summed E-state index contributed by atoms with van der Waals surface area (Å²) in [6.45, 7) is 0. The van der Waals surface area contributed by atoms with E-state index in [-0.39, 0.29) is 0 Å². The van der Waals surface area contributed by atoms with Gasteiger partial charge in [0, 0.05) is 0 Å². The van der Waals surface area contributed by atoms with Gasteiger partial charge in [0.2, 0.25) is 0 Å². The molecule has 0 heterocycles. The van der Waals surface area contributed by atoms with Gasteiger partial charge >= 0.3 is 43.3 Å². The molecule has 0 unspecified atom stereocenters. The first-order chi connectivity index (χ1) is 9.96. The molecule has 0 N–H and O–H groups in total. The fourth-order valence-corrected chi connectivity index (χ4v) is 2.51. The van der Waals surface area contributed by atoms with E-state index in [0.29, 0.717) is 0 Å². The zero-order valence-electron chi connectivity index (χ0n) is 9.93. The lowest BCUT2D eigenvalue weighted by Crippen LogP contribution is -2.51. The first-order valence-electron chi connectivity index (χ1n) is 4.60. The fraction of sp³-hybridized carbons (Fsp3) is 1.00. The van der Waals surface area contributed by atoms with Crippen LogP contribution in [-0.4, -0.2) is 36.0 Å². The van der Waals surface area contributed by atoms with E-state index in [0.717, 1.165) is 0 Å². The van der Waals surface area contributed by atoms with E-state index < -0.39 is 43.3 Å². The van der Waals surface area contributed by atoms with Gasteiger partial charge in [0.15, 0.2) is 0 Å². The van der Waals surface area contributed by atoms with Crippen LogP contribution in [0.25, 0.3) is 0 Å². The molecule has 0 saturated carbocycles. The Morgan fingerprint density at radius 1 is 0.500 bits per heavy atom. The van der Waals surface area contributed by atoms with Crippen molar-refractivity contribution < 1.29 is 74.9 Å². The minimum absolute atomic E-state index is 1.33. The lowest BCUT2D eigenvalue weighted by Gasteiger charge is -2.36. The molecule has 0 saturated heterocycles. The summed E-state index contributed by atoms with van der Waals surface area (Å²) in [6.07, 6.45) is -30.1. The second-order valence-corrected chi connectivity index (χ2v) is 6.14. The van der Waals surface area contributed by atoms with Crippen LogP contribution < -0.4 is 0 Å². The largest absolute Gasteiger partial charge is 0.483 e. The van der Waals surface area contributed by atoms with Crippen molar-refractivity contribution in [3.05, 3.63) is 0 Å². The van der Waals surface area contributed by atoms with E-state index in [1.54, 1.807) is 0 Å². The molecule has 0 aliphatic rings.